The number of pyridine rings is 2. The summed E-state index contributed by atoms with van der Waals surface area (Å²) >= 11 is 0. The Morgan fingerprint density at radius 1 is 0.528 bits per heavy atom. The molecule has 0 bridgehead atoms. The Labute approximate surface area is 515 Å². The number of nitrogens with zero attached hydrogens (tertiary/aromatic N) is 9. The minimum atomic E-state index is -3.79. The predicted octanol–water partition coefficient (Wildman–Crippen LogP) is 10.6. The summed E-state index contributed by atoms with van der Waals surface area (Å²) in [6, 6.07) is 46.5. The molecule has 19 nitrogen and oxygen atoms in total. The topological polar surface area (TPSA) is 239 Å². The van der Waals surface area contributed by atoms with Crippen molar-refractivity contribution < 1.29 is 27.6 Å². The summed E-state index contributed by atoms with van der Waals surface area (Å²) < 4.78 is 27.5. The van der Waals surface area contributed by atoms with Crippen molar-refractivity contribution in [2.75, 3.05) is 62.5 Å². The molecule has 11 rings (SSSR count). The third kappa shape index (κ3) is 16.5. The molecule has 10 aromatic rings. The van der Waals surface area contributed by atoms with Crippen molar-refractivity contribution >= 4 is 73.5 Å². The number of anilines is 4. The predicted molar refractivity (Wildman–Crippen MR) is 348 cm³/mol. The van der Waals surface area contributed by atoms with Crippen LogP contribution in [0.5, 0.6) is 0 Å². The minimum Gasteiger partial charge on any atom is -0.323 e. The molecule has 0 saturated carbocycles. The first kappa shape index (κ1) is 61.2. The zero-order chi connectivity index (χ0) is 62.3. The van der Waals surface area contributed by atoms with Gasteiger partial charge in [-0.05, 0) is 160 Å². The van der Waals surface area contributed by atoms with Gasteiger partial charge in [0.2, 0.25) is 11.8 Å². The van der Waals surface area contributed by atoms with E-state index in [4.69, 9.17) is 0 Å². The molecule has 0 saturated heterocycles. The Morgan fingerprint density at radius 2 is 1.00 bits per heavy atom. The summed E-state index contributed by atoms with van der Waals surface area (Å²) in [5.41, 5.74) is 13.0. The number of carbonyl (C=O) groups excluding carboxylic acids is 4. The molecule has 4 amide bonds. The number of nitrogens with one attached hydrogen (secondary N) is 4. The van der Waals surface area contributed by atoms with E-state index in [-0.39, 0.29) is 28.5 Å². The standard InChI is InChI=1S/C37H33N7O4S.C32H30N6O2/c1-43(2)19-6-9-35(45)41-30-16-12-27(13-17-30)37(46)42-31-14-10-26(11-15-31)21-32-23-34(40-25-39-32)29-22-28-18-20-44(36(28)38-24-29)49(47,48)33-7-4-3-5-8-33;1-38(2)16-4-7-31(39)36-26-14-10-23(11-15-26)32(40)37-27-12-8-22(9-13-27)17-28-19-30(35-21-34-28)25-18-24-5-3-6-29(24)33-20-25/h3-18,20,22-25H,19,21H2,1-2H3,(H,41,45)(H,42,46);3-5,7-15,18-21H,6,16-17H2,1-2H3,(H,36,39)(H,37,40)/b9-6+;7-4+. The number of fused-ring (bicyclic) bond motifs is 2. The lowest BCUT2D eigenvalue weighted by atomic mass is 10.1. The Hall–Kier alpha value is -10.9. The van der Waals surface area contributed by atoms with E-state index >= 15 is 0 Å². The summed E-state index contributed by atoms with van der Waals surface area (Å²) in [7, 11) is 3.92. The van der Waals surface area contributed by atoms with Crippen LogP contribution in [0.2, 0.25) is 0 Å². The van der Waals surface area contributed by atoms with Crippen LogP contribution >= 0.6 is 0 Å². The summed E-state index contributed by atoms with van der Waals surface area (Å²) in [5.74, 6) is -0.944. The minimum absolute atomic E-state index is 0.187. The lowest BCUT2D eigenvalue weighted by Gasteiger charge is -2.09. The van der Waals surface area contributed by atoms with Gasteiger partial charge >= 0.3 is 0 Å². The molecule has 5 aromatic carbocycles. The van der Waals surface area contributed by atoms with E-state index in [0.717, 1.165) is 57.0 Å². The summed E-state index contributed by atoms with van der Waals surface area (Å²) in [6.45, 7) is 1.34. The van der Waals surface area contributed by atoms with Crippen molar-refractivity contribution in [2.45, 2.75) is 24.2 Å². The first-order chi connectivity index (χ1) is 43.1. The van der Waals surface area contributed by atoms with Crippen LogP contribution in [0.15, 0.2) is 224 Å². The van der Waals surface area contributed by atoms with Gasteiger partial charge in [0.15, 0.2) is 5.65 Å². The lowest BCUT2D eigenvalue weighted by Crippen LogP contribution is -2.13. The maximum atomic E-state index is 13.2. The average Bonchev–Trinajstić information content (AvgIpc) is 1.81. The van der Waals surface area contributed by atoms with Crippen LogP contribution < -0.4 is 21.3 Å². The SMILES string of the molecule is CN(C)C/C=C/C(=O)Nc1ccc(C(=O)Nc2ccc(Cc3cc(-c4cnc5c(c4)C=CC5)ncn3)cc2)cc1.CN(C)C/C=C/C(=O)Nc1ccc(C(=O)Nc2ccc(Cc3cc(-c4cnc5c(ccn5S(=O)(=O)c5ccccc5)c4)ncn3)cc2)cc1. The molecule has 1 aliphatic carbocycles. The van der Waals surface area contributed by atoms with Crippen LogP contribution in [0.3, 0.4) is 0 Å². The number of amides is 4. The smallest absolute Gasteiger partial charge is 0.269 e. The summed E-state index contributed by atoms with van der Waals surface area (Å²) in [6.07, 6.45) is 20.9. The van der Waals surface area contributed by atoms with Crippen molar-refractivity contribution in [2.24, 2.45) is 0 Å². The van der Waals surface area contributed by atoms with E-state index in [9.17, 15) is 27.6 Å². The van der Waals surface area contributed by atoms with Crippen LogP contribution in [0, 0.1) is 0 Å². The third-order valence-corrected chi connectivity index (χ3v) is 15.6. The molecule has 4 N–H and O–H groups in total. The number of likely N-dealkylation sites (N-methyl/N-ethyl adjacent to an activating group) is 2. The van der Waals surface area contributed by atoms with E-state index in [1.54, 1.807) is 110 Å². The van der Waals surface area contributed by atoms with E-state index in [2.05, 4.69) is 69.4 Å². The highest BCUT2D eigenvalue weighted by Crippen LogP contribution is 2.28. The van der Waals surface area contributed by atoms with E-state index in [0.29, 0.717) is 76.5 Å². The Bertz CT molecular complexity index is 4380. The second-order valence-electron chi connectivity index (χ2n) is 21.3. The molecular formula is C69H63N13O6S. The van der Waals surface area contributed by atoms with Crippen molar-refractivity contribution in [1.29, 1.82) is 0 Å². The average molecular weight is 1200 g/mol. The highest BCUT2D eigenvalue weighted by atomic mass is 32.2. The molecular weight excluding hydrogens is 1140 g/mol. The van der Waals surface area contributed by atoms with Crippen LogP contribution in [0.4, 0.5) is 22.7 Å². The fraction of sp³-hybridized carbons (Fsp3) is 0.130. The molecule has 0 atom stereocenters. The van der Waals surface area contributed by atoms with Crippen molar-refractivity contribution in [3.05, 3.63) is 264 Å². The van der Waals surface area contributed by atoms with Crippen molar-refractivity contribution in [3.8, 4) is 22.5 Å². The number of benzene rings is 5. The monoisotopic (exact) mass is 1200 g/mol. The maximum absolute atomic E-state index is 13.2. The van der Waals surface area contributed by atoms with Crippen molar-refractivity contribution in [1.82, 2.24) is 43.7 Å². The largest absolute Gasteiger partial charge is 0.323 e. The number of hydrogen-bond donors (Lipinski definition) is 4. The second-order valence-corrected chi connectivity index (χ2v) is 23.2. The molecule has 0 fully saturated rings. The summed E-state index contributed by atoms with van der Waals surface area (Å²) in [4.78, 5) is 80.5. The van der Waals surface area contributed by atoms with Gasteiger partial charge in [0, 0.05) is 125 Å². The maximum Gasteiger partial charge on any atom is 0.269 e. The van der Waals surface area contributed by atoms with Gasteiger partial charge in [-0.25, -0.2) is 37.3 Å². The van der Waals surface area contributed by atoms with Crippen molar-refractivity contribution in [3.63, 3.8) is 0 Å². The zero-order valence-electron chi connectivity index (χ0n) is 49.3. The molecule has 0 spiro atoms. The van der Waals surface area contributed by atoms with Gasteiger partial charge in [0.1, 0.15) is 12.7 Å². The van der Waals surface area contributed by atoms with Crippen LogP contribution in [-0.4, -0.2) is 117 Å². The molecule has 20 heteroatoms. The van der Waals surface area contributed by atoms with Gasteiger partial charge in [0.05, 0.1) is 22.0 Å². The number of aromatic nitrogens is 7. The number of hydrogen-bond acceptors (Lipinski definition) is 14. The van der Waals surface area contributed by atoms with Gasteiger partial charge in [-0.3, -0.25) is 24.2 Å². The zero-order valence-corrected chi connectivity index (χ0v) is 50.1. The third-order valence-electron chi connectivity index (χ3n) is 13.9. The van der Waals surface area contributed by atoms with Crippen LogP contribution in [0.25, 0.3) is 39.6 Å². The molecule has 1 aliphatic rings. The number of rotatable bonds is 20. The quantitative estimate of drug-likeness (QED) is 0.0519. The normalized spacial score (nSPS) is 11.8. The Balaban J connectivity index is 0.000000200. The van der Waals surface area contributed by atoms with Crippen LogP contribution in [0.1, 0.15) is 54.5 Å². The van der Waals surface area contributed by atoms with Gasteiger partial charge in [0.25, 0.3) is 21.8 Å². The second kappa shape index (κ2) is 28.5. The fourth-order valence-electron chi connectivity index (χ4n) is 9.36. The molecule has 446 valence electrons. The van der Waals surface area contributed by atoms with E-state index in [1.807, 2.05) is 111 Å². The van der Waals surface area contributed by atoms with Crippen LogP contribution in [-0.2, 0) is 38.9 Å². The molecule has 0 aliphatic heterocycles. The van der Waals surface area contributed by atoms with Gasteiger partial charge in [-0.2, -0.15) is 0 Å². The number of carbonyl (C=O) groups is 4. The Morgan fingerprint density at radius 3 is 1.51 bits per heavy atom. The molecule has 89 heavy (non-hydrogen) atoms. The highest BCUT2D eigenvalue weighted by Gasteiger charge is 2.20. The molecule has 0 radical (unpaired) electrons. The Kier molecular flexibility index (Phi) is 19.6. The lowest BCUT2D eigenvalue weighted by molar-refractivity contribution is -0.112. The van der Waals surface area contributed by atoms with Gasteiger partial charge in [-0.1, -0.05) is 66.8 Å². The number of allylic oxidation sites excluding steroid dienone is 1. The first-order valence-corrected chi connectivity index (χ1v) is 29.8. The highest BCUT2D eigenvalue weighted by molar-refractivity contribution is 7.90. The van der Waals surface area contributed by atoms with E-state index in [1.165, 1.54) is 28.6 Å². The van der Waals surface area contributed by atoms with E-state index < -0.39 is 10.0 Å². The molecule has 5 heterocycles. The van der Waals surface area contributed by atoms with Gasteiger partial charge < -0.3 is 31.1 Å². The summed E-state index contributed by atoms with van der Waals surface area (Å²) in [5, 5.41) is 12.1. The van der Waals surface area contributed by atoms with Gasteiger partial charge in [-0.15, -0.1) is 0 Å². The fourth-order valence-corrected chi connectivity index (χ4v) is 10.7. The molecule has 5 aromatic heterocycles. The molecule has 0 unspecified atom stereocenters. The first-order valence-electron chi connectivity index (χ1n) is 28.4.